The van der Waals surface area contributed by atoms with E-state index in [9.17, 15) is 0 Å². The predicted molar refractivity (Wildman–Crippen MR) is 57.3 cm³/mol. The van der Waals surface area contributed by atoms with Gasteiger partial charge in [0.15, 0.2) is 5.58 Å². The van der Waals surface area contributed by atoms with Crippen molar-refractivity contribution in [1.82, 2.24) is 5.16 Å². The highest BCUT2D eigenvalue weighted by Gasteiger charge is 2.15. The van der Waals surface area contributed by atoms with Gasteiger partial charge in [0.25, 0.3) is 0 Å². The van der Waals surface area contributed by atoms with Gasteiger partial charge in [0.05, 0.1) is 6.20 Å². The Morgan fingerprint density at radius 1 is 1.21 bits per heavy atom. The minimum Gasteiger partial charge on any atom is -0.356 e. The molecule has 1 unspecified atom stereocenters. The third kappa shape index (κ3) is 1.41. The highest BCUT2D eigenvalue weighted by molar-refractivity contribution is 5.79. The van der Waals surface area contributed by atoms with Crippen LogP contribution in [0.3, 0.4) is 0 Å². The zero-order valence-electron chi connectivity index (χ0n) is 8.82. The molecule has 74 valence electrons. The van der Waals surface area contributed by atoms with E-state index in [-0.39, 0.29) is 0 Å². The number of para-hydroxylation sites is 1. The molecule has 2 heteroatoms. The Morgan fingerprint density at radius 2 is 2.00 bits per heavy atom. The predicted octanol–water partition coefficient (Wildman–Crippen LogP) is 3.59. The van der Waals surface area contributed by atoms with Crippen LogP contribution in [-0.4, -0.2) is 5.16 Å². The van der Waals surface area contributed by atoms with E-state index >= 15 is 0 Å². The zero-order chi connectivity index (χ0) is 10.1. The van der Waals surface area contributed by atoms with Gasteiger partial charge in [0.1, 0.15) is 0 Å². The molecular formula is C12H15NO. The van der Waals surface area contributed by atoms with Crippen LogP contribution in [0.1, 0.15) is 32.3 Å². The first-order valence-electron chi connectivity index (χ1n) is 5.03. The van der Waals surface area contributed by atoms with Gasteiger partial charge in [-0.05, 0) is 17.9 Å². The fraction of sp³-hybridized carbons (Fsp3) is 0.417. The molecule has 1 aromatic heterocycles. The minimum atomic E-state index is 0.506. The van der Waals surface area contributed by atoms with Crippen molar-refractivity contribution in [3.8, 4) is 0 Å². The van der Waals surface area contributed by atoms with Crippen molar-refractivity contribution in [3.63, 3.8) is 0 Å². The fourth-order valence-electron chi connectivity index (χ4n) is 1.63. The molecule has 0 N–H and O–H groups in total. The molecule has 1 heterocycles. The highest BCUT2D eigenvalue weighted by atomic mass is 16.5. The van der Waals surface area contributed by atoms with E-state index in [0.29, 0.717) is 11.8 Å². The summed E-state index contributed by atoms with van der Waals surface area (Å²) in [6.07, 6.45) is 1.77. The molecule has 2 aromatic rings. The molecule has 0 bridgehead atoms. The standard InChI is InChI=1S/C12H15NO/c1-8(2)9(3)11-6-4-5-10-7-13-14-12(10)11/h4-9H,1-3H3. The van der Waals surface area contributed by atoms with Gasteiger partial charge in [-0.25, -0.2) is 0 Å². The lowest BCUT2D eigenvalue weighted by atomic mass is 9.89. The second kappa shape index (κ2) is 3.45. The number of hydrogen-bond acceptors (Lipinski definition) is 2. The van der Waals surface area contributed by atoms with Crippen molar-refractivity contribution in [1.29, 1.82) is 0 Å². The summed E-state index contributed by atoms with van der Waals surface area (Å²) in [6.45, 7) is 6.67. The summed E-state index contributed by atoms with van der Waals surface area (Å²) in [7, 11) is 0. The molecule has 0 aliphatic heterocycles. The third-order valence-electron chi connectivity index (χ3n) is 2.90. The number of rotatable bonds is 2. The van der Waals surface area contributed by atoms with E-state index in [1.165, 1.54) is 5.56 Å². The maximum absolute atomic E-state index is 5.27. The third-order valence-corrected chi connectivity index (χ3v) is 2.90. The van der Waals surface area contributed by atoms with Crippen LogP contribution in [0, 0.1) is 5.92 Å². The van der Waals surface area contributed by atoms with Crippen molar-refractivity contribution in [2.75, 3.05) is 0 Å². The zero-order valence-corrected chi connectivity index (χ0v) is 8.82. The summed E-state index contributed by atoms with van der Waals surface area (Å²) >= 11 is 0. The van der Waals surface area contributed by atoms with E-state index in [4.69, 9.17) is 4.52 Å². The number of fused-ring (bicyclic) bond motifs is 1. The Balaban J connectivity index is 2.56. The maximum Gasteiger partial charge on any atom is 0.170 e. The van der Waals surface area contributed by atoms with Crippen LogP contribution in [0.4, 0.5) is 0 Å². The molecule has 14 heavy (non-hydrogen) atoms. The molecule has 0 saturated heterocycles. The Bertz CT molecular complexity index is 431. The fourth-order valence-corrected chi connectivity index (χ4v) is 1.63. The van der Waals surface area contributed by atoms with Crippen molar-refractivity contribution in [2.24, 2.45) is 5.92 Å². The first kappa shape index (κ1) is 9.25. The lowest BCUT2D eigenvalue weighted by Crippen LogP contribution is -2.01. The Hall–Kier alpha value is -1.31. The summed E-state index contributed by atoms with van der Waals surface area (Å²) < 4.78 is 5.27. The van der Waals surface area contributed by atoms with Crippen LogP contribution < -0.4 is 0 Å². The van der Waals surface area contributed by atoms with Gasteiger partial charge in [-0.15, -0.1) is 0 Å². The minimum absolute atomic E-state index is 0.506. The Labute approximate surface area is 83.9 Å². The summed E-state index contributed by atoms with van der Waals surface area (Å²) in [4.78, 5) is 0. The van der Waals surface area contributed by atoms with Crippen molar-refractivity contribution >= 4 is 11.0 Å². The van der Waals surface area contributed by atoms with Gasteiger partial charge in [0, 0.05) is 10.9 Å². The van der Waals surface area contributed by atoms with E-state index < -0.39 is 0 Å². The molecule has 0 spiro atoms. The van der Waals surface area contributed by atoms with Crippen LogP contribution in [-0.2, 0) is 0 Å². The molecule has 2 nitrogen and oxygen atoms in total. The molecule has 2 rings (SSSR count). The Morgan fingerprint density at radius 3 is 2.71 bits per heavy atom. The van der Waals surface area contributed by atoms with Gasteiger partial charge in [-0.1, -0.05) is 38.1 Å². The smallest absolute Gasteiger partial charge is 0.170 e. The molecule has 1 atom stereocenters. The van der Waals surface area contributed by atoms with Crippen LogP contribution >= 0.6 is 0 Å². The number of hydrogen-bond donors (Lipinski definition) is 0. The lowest BCUT2D eigenvalue weighted by molar-refractivity contribution is 0.446. The van der Waals surface area contributed by atoms with Gasteiger partial charge in [-0.3, -0.25) is 0 Å². The summed E-state index contributed by atoms with van der Waals surface area (Å²) in [5.74, 6) is 1.12. The molecule has 0 fully saturated rings. The summed E-state index contributed by atoms with van der Waals surface area (Å²) in [5, 5.41) is 4.92. The first-order valence-corrected chi connectivity index (χ1v) is 5.03. The average Bonchev–Trinajstić information content (AvgIpc) is 2.63. The second-order valence-corrected chi connectivity index (χ2v) is 4.12. The normalized spacial score (nSPS) is 13.7. The monoisotopic (exact) mass is 189 g/mol. The summed E-state index contributed by atoms with van der Waals surface area (Å²) in [5.41, 5.74) is 2.20. The van der Waals surface area contributed by atoms with Gasteiger partial charge < -0.3 is 4.52 Å². The topological polar surface area (TPSA) is 26.0 Å². The van der Waals surface area contributed by atoms with E-state index in [2.05, 4.69) is 38.1 Å². The maximum atomic E-state index is 5.27. The first-order chi connectivity index (χ1) is 6.70. The van der Waals surface area contributed by atoms with Crippen molar-refractivity contribution in [3.05, 3.63) is 30.0 Å². The quantitative estimate of drug-likeness (QED) is 0.721. The number of benzene rings is 1. The van der Waals surface area contributed by atoms with Gasteiger partial charge >= 0.3 is 0 Å². The van der Waals surface area contributed by atoms with Gasteiger partial charge in [0.2, 0.25) is 0 Å². The number of nitrogens with zero attached hydrogens (tertiary/aromatic N) is 1. The number of aromatic nitrogens is 1. The largest absolute Gasteiger partial charge is 0.356 e. The summed E-state index contributed by atoms with van der Waals surface area (Å²) in [6, 6.07) is 6.22. The van der Waals surface area contributed by atoms with Crippen molar-refractivity contribution in [2.45, 2.75) is 26.7 Å². The highest BCUT2D eigenvalue weighted by Crippen LogP contribution is 2.29. The van der Waals surface area contributed by atoms with Gasteiger partial charge in [-0.2, -0.15) is 0 Å². The average molecular weight is 189 g/mol. The Kier molecular flexibility index (Phi) is 2.28. The van der Waals surface area contributed by atoms with E-state index in [0.717, 1.165) is 11.0 Å². The molecular weight excluding hydrogens is 174 g/mol. The van der Waals surface area contributed by atoms with Crippen LogP contribution in [0.5, 0.6) is 0 Å². The molecule has 0 aliphatic rings. The molecule has 0 aliphatic carbocycles. The lowest BCUT2D eigenvalue weighted by Gasteiger charge is -2.15. The van der Waals surface area contributed by atoms with E-state index in [1.54, 1.807) is 6.20 Å². The van der Waals surface area contributed by atoms with Crippen molar-refractivity contribution < 1.29 is 4.52 Å². The molecule has 0 amide bonds. The SMILES string of the molecule is CC(C)C(C)c1cccc2cnoc12. The molecule has 0 radical (unpaired) electrons. The second-order valence-electron chi connectivity index (χ2n) is 4.12. The van der Waals surface area contributed by atoms with Crippen LogP contribution in [0.25, 0.3) is 11.0 Å². The van der Waals surface area contributed by atoms with Crippen LogP contribution in [0.15, 0.2) is 28.9 Å². The van der Waals surface area contributed by atoms with E-state index in [1.807, 2.05) is 6.07 Å². The van der Waals surface area contributed by atoms with Crippen LogP contribution in [0.2, 0.25) is 0 Å². The molecule has 0 saturated carbocycles. The molecule has 1 aromatic carbocycles.